The standard InChI is InChI=1S/C17H21N3O3S/c1-13(14-6-4-3-5-7-14)17(21)20-8-9-24(22,23)12-16(20)15-10-18-19(2)11-15/h3-7,10-11,13,16H,8-9,12H2,1-2H3/t13-,16-/m0/s1. The molecular formula is C17H21N3O3S. The number of benzene rings is 1. The molecule has 0 unspecified atom stereocenters. The molecule has 1 amide bonds. The van der Waals surface area contributed by atoms with Gasteiger partial charge in [-0.05, 0) is 12.5 Å². The van der Waals surface area contributed by atoms with E-state index in [2.05, 4.69) is 5.10 Å². The number of rotatable bonds is 3. The van der Waals surface area contributed by atoms with Crippen molar-refractivity contribution in [2.24, 2.45) is 7.05 Å². The maximum Gasteiger partial charge on any atom is 0.230 e. The zero-order valence-electron chi connectivity index (χ0n) is 13.8. The van der Waals surface area contributed by atoms with Crippen LogP contribution >= 0.6 is 0 Å². The van der Waals surface area contributed by atoms with Crippen LogP contribution in [0, 0.1) is 0 Å². The number of hydrogen-bond donors (Lipinski definition) is 0. The molecule has 7 heteroatoms. The summed E-state index contributed by atoms with van der Waals surface area (Å²) in [6, 6.07) is 9.07. The molecule has 1 saturated heterocycles. The average molecular weight is 347 g/mol. The lowest BCUT2D eigenvalue weighted by atomic mass is 9.98. The third kappa shape index (κ3) is 3.36. The predicted octanol–water partition coefficient (Wildman–Crippen LogP) is 1.52. The summed E-state index contributed by atoms with van der Waals surface area (Å²) in [5, 5.41) is 4.12. The first-order valence-corrected chi connectivity index (χ1v) is 9.74. The Labute approximate surface area is 142 Å². The highest BCUT2D eigenvalue weighted by Gasteiger charge is 2.37. The van der Waals surface area contributed by atoms with Gasteiger partial charge in [-0.1, -0.05) is 30.3 Å². The molecule has 1 aromatic heterocycles. The minimum atomic E-state index is -3.16. The van der Waals surface area contributed by atoms with Crippen LogP contribution in [0.3, 0.4) is 0 Å². The molecule has 1 aromatic carbocycles. The second kappa shape index (κ2) is 6.39. The largest absolute Gasteiger partial charge is 0.333 e. The topological polar surface area (TPSA) is 72.3 Å². The van der Waals surface area contributed by atoms with E-state index < -0.39 is 15.9 Å². The van der Waals surface area contributed by atoms with E-state index in [9.17, 15) is 13.2 Å². The van der Waals surface area contributed by atoms with E-state index in [1.807, 2.05) is 37.3 Å². The summed E-state index contributed by atoms with van der Waals surface area (Å²) in [6.07, 6.45) is 3.41. The SMILES string of the molecule is C[C@H](C(=O)N1CCS(=O)(=O)C[C@H]1c1cnn(C)c1)c1ccccc1. The van der Waals surface area contributed by atoms with E-state index in [-0.39, 0.29) is 29.9 Å². The molecule has 2 aromatic rings. The van der Waals surface area contributed by atoms with Gasteiger partial charge in [0.15, 0.2) is 9.84 Å². The summed E-state index contributed by atoms with van der Waals surface area (Å²) >= 11 is 0. The lowest BCUT2D eigenvalue weighted by molar-refractivity contribution is -0.134. The maximum atomic E-state index is 13.0. The van der Waals surface area contributed by atoms with Crippen LogP contribution in [-0.2, 0) is 21.7 Å². The molecular weight excluding hydrogens is 326 g/mol. The van der Waals surface area contributed by atoms with Crippen LogP contribution in [0.25, 0.3) is 0 Å². The predicted molar refractivity (Wildman–Crippen MR) is 91.2 cm³/mol. The van der Waals surface area contributed by atoms with Crippen LogP contribution in [0.1, 0.15) is 30.0 Å². The van der Waals surface area contributed by atoms with Crippen LogP contribution in [0.5, 0.6) is 0 Å². The van der Waals surface area contributed by atoms with Gasteiger partial charge in [0.1, 0.15) is 0 Å². The molecule has 24 heavy (non-hydrogen) atoms. The number of carbonyl (C=O) groups is 1. The molecule has 2 heterocycles. The second-order valence-electron chi connectivity index (χ2n) is 6.24. The van der Waals surface area contributed by atoms with Crippen LogP contribution in [-0.4, -0.2) is 47.1 Å². The Kier molecular flexibility index (Phi) is 4.45. The lowest BCUT2D eigenvalue weighted by Crippen LogP contribution is -2.47. The summed E-state index contributed by atoms with van der Waals surface area (Å²) in [7, 11) is -1.38. The molecule has 0 bridgehead atoms. The molecule has 128 valence electrons. The van der Waals surface area contributed by atoms with E-state index in [1.165, 1.54) is 0 Å². The van der Waals surface area contributed by atoms with Gasteiger partial charge in [0.05, 0.1) is 29.7 Å². The van der Waals surface area contributed by atoms with E-state index in [4.69, 9.17) is 0 Å². The first-order valence-electron chi connectivity index (χ1n) is 7.92. The van der Waals surface area contributed by atoms with Gasteiger partial charge in [0.25, 0.3) is 0 Å². The quantitative estimate of drug-likeness (QED) is 0.844. The Morgan fingerprint density at radius 3 is 2.62 bits per heavy atom. The Hall–Kier alpha value is -2.15. The molecule has 1 aliphatic heterocycles. The smallest absolute Gasteiger partial charge is 0.230 e. The monoisotopic (exact) mass is 347 g/mol. The van der Waals surface area contributed by atoms with Gasteiger partial charge in [-0.15, -0.1) is 0 Å². The molecule has 0 N–H and O–H groups in total. The van der Waals surface area contributed by atoms with Gasteiger partial charge in [0.2, 0.25) is 5.91 Å². The van der Waals surface area contributed by atoms with Crippen molar-refractivity contribution < 1.29 is 13.2 Å². The highest BCUT2D eigenvalue weighted by molar-refractivity contribution is 7.91. The van der Waals surface area contributed by atoms with Gasteiger partial charge in [-0.2, -0.15) is 5.10 Å². The number of nitrogens with zero attached hydrogens (tertiary/aromatic N) is 3. The molecule has 0 spiro atoms. The first-order chi connectivity index (χ1) is 11.4. The summed E-state index contributed by atoms with van der Waals surface area (Å²) in [4.78, 5) is 14.7. The minimum absolute atomic E-state index is 0.0109. The first kappa shape index (κ1) is 16.7. The van der Waals surface area contributed by atoms with Gasteiger partial charge in [-0.3, -0.25) is 9.48 Å². The van der Waals surface area contributed by atoms with Crippen molar-refractivity contribution in [1.82, 2.24) is 14.7 Å². The number of sulfone groups is 1. The van der Waals surface area contributed by atoms with Crippen molar-refractivity contribution in [2.75, 3.05) is 18.1 Å². The fourth-order valence-corrected chi connectivity index (χ4v) is 4.59. The van der Waals surface area contributed by atoms with Crippen LogP contribution in [0.15, 0.2) is 42.7 Å². The molecule has 1 aliphatic rings. The summed E-state index contributed by atoms with van der Waals surface area (Å²) < 4.78 is 25.8. The van der Waals surface area contributed by atoms with Gasteiger partial charge in [-0.25, -0.2) is 8.42 Å². The maximum absolute atomic E-state index is 13.0. The van der Waals surface area contributed by atoms with Crippen LogP contribution < -0.4 is 0 Å². The summed E-state index contributed by atoms with van der Waals surface area (Å²) in [6.45, 7) is 2.08. The summed E-state index contributed by atoms with van der Waals surface area (Å²) in [5.74, 6) is -0.403. The number of amides is 1. The lowest BCUT2D eigenvalue weighted by Gasteiger charge is -2.36. The molecule has 2 atom stereocenters. The fourth-order valence-electron chi connectivity index (χ4n) is 3.09. The Bertz CT molecular complexity index is 830. The number of hydrogen-bond acceptors (Lipinski definition) is 4. The number of aryl methyl sites for hydroxylation is 1. The van der Waals surface area contributed by atoms with Gasteiger partial charge >= 0.3 is 0 Å². The minimum Gasteiger partial charge on any atom is -0.333 e. The van der Waals surface area contributed by atoms with E-state index in [0.717, 1.165) is 11.1 Å². The van der Waals surface area contributed by atoms with Crippen LogP contribution in [0.2, 0.25) is 0 Å². The highest BCUT2D eigenvalue weighted by atomic mass is 32.2. The second-order valence-corrected chi connectivity index (χ2v) is 8.47. The highest BCUT2D eigenvalue weighted by Crippen LogP contribution is 2.30. The molecule has 0 saturated carbocycles. The van der Waals surface area contributed by atoms with Crippen molar-refractivity contribution >= 4 is 15.7 Å². The van der Waals surface area contributed by atoms with Gasteiger partial charge in [0, 0.05) is 25.4 Å². The van der Waals surface area contributed by atoms with Gasteiger partial charge < -0.3 is 4.90 Å². The Morgan fingerprint density at radius 1 is 1.29 bits per heavy atom. The van der Waals surface area contributed by atoms with E-state index >= 15 is 0 Å². The van der Waals surface area contributed by atoms with Crippen molar-refractivity contribution in [2.45, 2.75) is 18.9 Å². The van der Waals surface area contributed by atoms with Crippen molar-refractivity contribution in [3.8, 4) is 0 Å². The molecule has 3 rings (SSSR count). The zero-order chi connectivity index (χ0) is 17.3. The van der Waals surface area contributed by atoms with E-state index in [1.54, 1.807) is 29.0 Å². The Morgan fingerprint density at radius 2 is 2.00 bits per heavy atom. The zero-order valence-corrected chi connectivity index (χ0v) is 14.6. The van der Waals surface area contributed by atoms with Crippen LogP contribution in [0.4, 0.5) is 0 Å². The third-order valence-corrected chi connectivity index (χ3v) is 6.12. The third-order valence-electron chi connectivity index (χ3n) is 4.49. The normalized spacial score (nSPS) is 21.4. The molecule has 6 nitrogen and oxygen atoms in total. The van der Waals surface area contributed by atoms with Crippen molar-refractivity contribution in [3.63, 3.8) is 0 Å². The van der Waals surface area contributed by atoms with Crippen molar-refractivity contribution in [1.29, 1.82) is 0 Å². The molecule has 0 aliphatic carbocycles. The van der Waals surface area contributed by atoms with E-state index in [0.29, 0.717) is 0 Å². The summed E-state index contributed by atoms with van der Waals surface area (Å²) in [5.41, 5.74) is 1.69. The average Bonchev–Trinajstić information content (AvgIpc) is 3.00. The fraction of sp³-hybridized carbons (Fsp3) is 0.412. The number of aromatic nitrogens is 2. The molecule has 0 radical (unpaired) electrons. The Balaban J connectivity index is 1.90. The molecule has 1 fully saturated rings. The number of carbonyl (C=O) groups excluding carboxylic acids is 1. The van der Waals surface area contributed by atoms with Crippen molar-refractivity contribution in [3.05, 3.63) is 53.9 Å².